The van der Waals surface area contributed by atoms with E-state index in [2.05, 4.69) is 24.5 Å². The van der Waals surface area contributed by atoms with E-state index in [1.807, 2.05) is 26.0 Å². The van der Waals surface area contributed by atoms with Gasteiger partial charge in [-0.1, -0.05) is 13.8 Å². The molecular weight excluding hydrogens is 314 g/mol. The van der Waals surface area contributed by atoms with Crippen molar-refractivity contribution < 1.29 is 14.3 Å². The molecule has 1 aliphatic carbocycles. The van der Waals surface area contributed by atoms with Gasteiger partial charge in [0.15, 0.2) is 0 Å². The molecule has 1 aromatic carbocycles. The Labute approximate surface area is 150 Å². The second kappa shape index (κ2) is 7.51. The van der Waals surface area contributed by atoms with Gasteiger partial charge in [-0.3, -0.25) is 0 Å². The molecule has 4 nitrogen and oxygen atoms in total. The third-order valence-corrected chi connectivity index (χ3v) is 4.93. The van der Waals surface area contributed by atoms with Crippen LogP contribution in [0.15, 0.2) is 18.2 Å². The van der Waals surface area contributed by atoms with E-state index >= 15 is 0 Å². The van der Waals surface area contributed by atoms with Gasteiger partial charge < -0.3 is 14.0 Å². The standard InChI is InChI=1S/C21H29NO3/c1-5-24-21(23)20-15(4)22(13-14(2)3)19-11-10-17(12-18(19)20)25-16-8-6-7-9-16/h10-12,14,16H,5-9,13H2,1-4H3. The topological polar surface area (TPSA) is 40.5 Å². The highest BCUT2D eigenvalue weighted by Gasteiger charge is 2.23. The minimum Gasteiger partial charge on any atom is -0.490 e. The highest BCUT2D eigenvalue weighted by atomic mass is 16.5. The minimum atomic E-state index is -0.245. The Hall–Kier alpha value is -1.97. The van der Waals surface area contributed by atoms with E-state index < -0.39 is 0 Å². The molecule has 1 heterocycles. The number of carbonyl (C=O) groups excluding carboxylic acids is 1. The van der Waals surface area contributed by atoms with Crippen molar-refractivity contribution in [3.8, 4) is 5.75 Å². The third kappa shape index (κ3) is 3.68. The van der Waals surface area contributed by atoms with Crippen LogP contribution in [0.5, 0.6) is 5.75 Å². The zero-order valence-corrected chi connectivity index (χ0v) is 15.8. The average Bonchev–Trinajstić information content (AvgIpc) is 3.14. The normalized spacial score (nSPS) is 15.2. The highest BCUT2D eigenvalue weighted by molar-refractivity contribution is 6.06. The number of hydrogen-bond donors (Lipinski definition) is 0. The Morgan fingerprint density at radius 2 is 2.00 bits per heavy atom. The first-order chi connectivity index (χ1) is 12.0. The molecule has 25 heavy (non-hydrogen) atoms. The smallest absolute Gasteiger partial charge is 0.340 e. The summed E-state index contributed by atoms with van der Waals surface area (Å²) in [6.45, 7) is 9.49. The monoisotopic (exact) mass is 343 g/mol. The van der Waals surface area contributed by atoms with Gasteiger partial charge in [-0.05, 0) is 63.6 Å². The largest absolute Gasteiger partial charge is 0.490 e. The van der Waals surface area contributed by atoms with Crippen LogP contribution >= 0.6 is 0 Å². The molecule has 3 rings (SSSR count). The van der Waals surface area contributed by atoms with Crippen molar-refractivity contribution in [3.05, 3.63) is 29.5 Å². The number of benzene rings is 1. The van der Waals surface area contributed by atoms with Crippen LogP contribution < -0.4 is 4.74 Å². The molecular formula is C21H29NO3. The van der Waals surface area contributed by atoms with Crippen molar-refractivity contribution in [2.45, 2.75) is 66.0 Å². The molecule has 1 aromatic heterocycles. The van der Waals surface area contributed by atoms with E-state index in [0.29, 0.717) is 24.2 Å². The Morgan fingerprint density at radius 1 is 1.28 bits per heavy atom. The van der Waals surface area contributed by atoms with Crippen LogP contribution in [0.2, 0.25) is 0 Å². The van der Waals surface area contributed by atoms with E-state index in [-0.39, 0.29) is 5.97 Å². The molecule has 2 aromatic rings. The fourth-order valence-electron chi connectivity index (χ4n) is 3.79. The van der Waals surface area contributed by atoms with Crippen molar-refractivity contribution in [1.29, 1.82) is 0 Å². The third-order valence-electron chi connectivity index (χ3n) is 4.93. The Kier molecular flexibility index (Phi) is 5.36. The molecule has 0 spiro atoms. The highest BCUT2D eigenvalue weighted by Crippen LogP contribution is 2.32. The van der Waals surface area contributed by atoms with Gasteiger partial charge in [0.25, 0.3) is 0 Å². The summed E-state index contributed by atoms with van der Waals surface area (Å²) in [4.78, 5) is 12.6. The van der Waals surface area contributed by atoms with E-state index in [1.54, 1.807) is 0 Å². The number of ether oxygens (including phenoxy) is 2. The van der Waals surface area contributed by atoms with Crippen LogP contribution in [0.3, 0.4) is 0 Å². The van der Waals surface area contributed by atoms with Gasteiger partial charge in [-0.15, -0.1) is 0 Å². The molecule has 1 saturated carbocycles. The fourth-order valence-corrected chi connectivity index (χ4v) is 3.79. The van der Waals surface area contributed by atoms with Crippen molar-refractivity contribution >= 4 is 16.9 Å². The Morgan fingerprint density at radius 3 is 2.64 bits per heavy atom. The molecule has 0 radical (unpaired) electrons. The number of fused-ring (bicyclic) bond motifs is 1. The molecule has 1 fully saturated rings. The first-order valence-corrected chi connectivity index (χ1v) is 9.47. The van der Waals surface area contributed by atoms with E-state index in [9.17, 15) is 4.79 Å². The van der Waals surface area contributed by atoms with Crippen LogP contribution in [0.4, 0.5) is 0 Å². The first-order valence-electron chi connectivity index (χ1n) is 9.47. The van der Waals surface area contributed by atoms with Crippen LogP contribution in [0.1, 0.15) is 62.5 Å². The lowest BCUT2D eigenvalue weighted by Gasteiger charge is -2.14. The van der Waals surface area contributed by atoms with Crippen molar-refractivity contribution in [2.24, 2.45) is 5.92 Å². The molecule has 0 amide bonds. The lowest BCUT2D eigenvalue weighted by Crippen LogP contribution is -2.10. The molecule has 136 valence electrons. The van der Waals surface area contributed by atoms with Crippen molar-refractivity contribution in [3.63, 3.8) is 0 Å². The van der Waals surface area contributed by atoms with Crippen LogP contribution in [-0.2, 0) is 11.3 Å². The summed E-state index contributed by atoms with van der Waals surface area (Å²) < 4.78 is 13.7. The number of esters is 1. The number of aromatic nitrogens is 1. The molecule has 0 unspecified atom stereocenters. The molecule has 0 saturated heterocycles. The summed E-state index contributed by atoms with van der Waals surface area (Å²) in [7, 11) is 0. The number of nitrogens with zero attached hydrogens (tertiary/aromatic N) is 1. The zero-order chi connectivity index (χ0) is 18.0. The molecule has 0 bridgehead atoms. The summed E-state index contributed by atoms with van der Waals surface area (Å²) in [5, 5.41) is 0.937. The van der Waals surface area contributed by atoms with E-state index in [4.69, 9.17) is 9.47 Å². The van der Waals surface area contributed by atoms with Gasteiger partial charge in [0, 0.05) is 23.1 Å². The molecule has 4 heteroatoms. The summed E-state index contributed by atoms with van der Waals surface area (Å²) in [5.74, 6) is 1.11. The predicted octanol–water partition coefficient (Wildman–Crippen LogP) is 5.10. The minimum absolute atomic E-state index is 0.245. The molecule has 1 aliphatic rings. The summed E-state index contributed by atoms with van der Waals surface area (Å²) >= 11 is 0. The average molecular weight is 343 g/mol. The number of rotatable bonds is 6. The maximum atomic E-state index is 12.6. The molecule has 0 aliphatic heterocycles. The first kappa shape index (κ1) is 17.8. The van der Waals surface area contributed by atoms with Gasteiger partial charge >= 0.3 is 5.97 Å². The quantitative estimate of drug-likeness (QED) is 0.685. The summed E-state index contributed by atoms with van der Waals surface area (Å²) in [6.07, 6.45) is 5.03. The number of hydrogen-bond acceptors (Lipinski definition) is 3. The van der Waals surface area contributed by atoms with Crippen LogP contribution in [0, 0.1) is 12.8 Å². The van der Waals surface area contributed by atoms with Crippen LogP contribution in [0.25, 0.3) is 10.9 Å². The Bertz CT molecular complexity index is 754. The van der Waals surface area contributed by atoms with E-state index in [0.717, 1.165) is 41.7 Å². The van der Waals surface area contributed by atoms with Crippen LogP contribution in [-0.4, -0.2) is 23.2 Å². The lowest BCUT2D eigenvalue weighted by molar-refractivity contribution is 0.0527. The van der Waals surface area contributed by atoms with Gasteiger partial charge in [0.05, 0.1) is 18.3 Å². The van der Waals surface area contributed by atoms with Gasteiger partial charge in [0.2, 0.25) is 0 Å². The fraction of sp³-hybridized carbons (Fsp3) is 0.571. The molecule has 0 atom stereocenters. The number of carbonyl (C=O) groups is 1. The predicted molar refractivity (Wildman–Crippen MR) is 100 cm³/mol. The molecule has 0 N–H and O–H groups in total. The Balaban J connectivity index is 2.05. The lowest BCUT2D eigenvalue weighted by atomic mass is 10.1. The van der Waals surface area contributed by atoms with Gasteiger partial charge in [-0.2, -0.15) is 0 Å². The second-order valence-electron chi connectivity index (χ2n) is 7.39. The van der Waals surface area contributed by atoms with E-state index in [1.165, 1.54) is 12.8 Å². The summed E-state index contributed by atoms with van der Waals surface area (Å²) in [5.41, 5.74) is 2.72. The maximum Gasteiger partial charge on any atom is 0.340 e. The summed E-state index contributed by atoms with van der Waals surface area (Å²) in [6, 6.07) is 6.13. The van der Waals surface area contributed by atoms with Crippen molar-refractivity contribution in [1.82, 2.24) is 4.57 Å². The van der Waals surface area contributed by atoms with Crippen molar-refractivity contribution in [2.75, 3.05) is 6.61 Å². The second-order valence-corrected chi connectivity index (χ2v) is 7.39. The van der Waals surface area contributed by atoms with Gasteiger partial charge in [0.1, 0.15) is 5.75 Å². The SMILES string of the molecule is CCOC(=O)c1c(C)n(CC(C)C)c2ccc(OC3CCCC3)cc12. The van der Waals surface area contributed by atoms with Gasteiger partial charge in [-0.25, -0.2) is 4.79 Å². The maximum absolute atomic E-state index is 12.6. The zero-order valence-electron chi connectivity index (χ0n) is 15.8.